The number of hydrogen-bond acceptors (Lipinski definition) is 3. The molecule has 0 aromatic heterocycles. The van der Waals surface area contributed by atoms with E-state index in [2.05, 4.69) is 0 Å². The Morgan fingerprint density at radius 2 is 1.00 bits per heavy atom. The van der Waals surface area contributed by atoms with Crippen LogP contribution in [0.4, 0.5) is 4.70 Å². The van der Waals surface area contributed by atoms with Gasteiger partial charge in [-0.3, -0.25) is 4.70 Å². The maximum Gasteiger partial charge on any atom is 0.631 e. The Balaban J connectivity index is -0.0000000450. The zero-order valence-electron chi connectivity index (χ0n) is 3.03. The van der Waals surface area contributed by atoms with Gasteiger partial charge in [-0.25, -0.2) is 0 Å². The third-order valence-electron chi connectivity index (χ3n) is 0. The van der Waals surface area contributed by atoms with Crippen molar-refractivity contribution >= 4 is 7.32 Å². The van der Waals surface area contributed by atoms with Crippen molar-refractivity contribution in [3.05, 3.63) is 0 Å². The molecule has 0 radical (unpaired) electrons. The molecule has 0 aliphatic rings. The van der Waals surface area contributed by atoms with Crippen molar-refractivity contribution in [2.24, 2.45) is 0 Å². The first-order valence-corrected chi connectivity index (χ1v) is 0.775. The van der Waals surface area contributed by atoms with Crippen molar-refractivity contribution < 1.29 is 39.3 Å². The van der Waals surface area contributed by atoms with Crippen molar-refractivity contribution in [3.8, 4) is 0 Å². The second-order valence-corrected chi connectivity index (χ2v) is 0.346. The number of halogens is 1. The summed E-state index contributed by atoms with van der Waals surface area (Å²) in [6.45, 7) is 0. The predicted molar refractivity (Wildman–Crippen MR) is 14.9 cm³/mol. The summed E-state index contributed by atoms with van der Waals surface area (Å²) in [5, 5.41) is 21.5. The fraction of sp³-hybridized carbons (Fsp3) is 0. The summed E-state index contributed by atoms with van der Waals surface area (Å²) in [6.07, 6.45) is 0. The summed E-state index contributed by atoms with van der Waals surface area (Å²) < 4.78 is 0. The van der Waals surface area contributed by atoms with Gasteiger partial charge in [0.1, 0.15) is 0 Å². The van der Waals surface area contributed by atoms with Gasteiger partial charge >= 0.3 is 7.32 Å². The van der Waals surface area contributed by atoms with Gasteiger partial charge in [0.25, 0.3) is 0 Å². The summed E-state index contributed by atoms with van der Waals surface area (Å²) >= 11 is 0. The van der Waals surface area contributed by atoms with Crippen molar-refractivity contribution in [2.45, 2.75) is 0 Å². The third-order valence-corrected chi connectivity index (χ3v) is 0. The summed E-state index contributed by atoms with van der Waals surface area (Å²) in [6, 6.07) is 0. The molecule has 0 atom stereocenters. The van der Waals surface area contributed by atoms with Gasteiger partial charge in [0.15, 0.2) is 0 Å². The predicted octanol–water partition coefficient (Wildman–Crippen LogP) is -1.90. The zero-order valence-corrected chi connectivity index (χ0v) is 6.00. The van der Waals surface area contributed by atoms with E-state index in [0.717, 1.165) is 0 Å². The minimum absolute atomic E-state index is 0. The van der Waals surface area contributed by atoms with Gasteiger partial charge in [-0.1, -0.05) is 0 Å². The Morgan fingerprint density at radius 3 is 1.00 bits per heavy atom. The van der Waals surface area contributed by atoms with E-state index in [1.165, 1.54) is 0 Å². The monoisotopic (exact) mass is 146 g/mol. The molecule has 3 nitrogen and oxygen atoms in total. The zero-order chi connectivity index (χ0) is 3.58. The van der Waals surface area contributed by atoms with Crippen molar-refractivity contribution in [3.63, 3.8) is 0 Å². The first kappa shape index (κ1) is 16.1. The molecule has 0 rings (SSSR count). The van der Waals surface area contributed by atoms with Crippen LogP contribution in [0.3, 0.4) is 0 Å². The van der Waals surface area contributed by atoms with Gasteiger partial charge < -0.3 is 15.1 Å². The van der Waals surface area contributed by atoms with Crippen LogP contribution in [0.25, 0.3) is 0 Å². The molecular formula is H4BFO3Zn. The van der Waals surface area contributed by atoms with Gasteiger partial charge in [0, 0.05) is 19.5 Å². The largest absolute Gasteiger partial charge is 0.631 e. The minimum Gasteiger partial charge on any atom is -0.402 e. The van der Waals surface area contributed by atoms with E-state index in [1.54, 1.807) is 0 Å². The van der Waals surface area contributed by atoms with E-state index in [0.29, 0.717) is 0 Å². The molecule has 6 heavy (non-hydrogen) atoms. The fourth-order valence-corrected chi connectivity index (χ4v) is 0. The second-order valence-electron chi connectivity index (χ2n) is 0.346. The molecular weight excluding hydrogens is 143 g/mol. The maximum absolute atomic E-state index is 7.17. The molecule has 0 amide bonds. The molecule has 0 spiro atoms. The molecule has 0 saturated heterocycles. The van der Waals surface area contributed by atoms with Gasteiger partial charge in [-0.2, -0.15) is 0 Å². The molecule has 3 N–H and O–H groups in total. The summed E-state index contributed by atoms with van der Waals surface area (Å²) in [5.41, 5.74) is 0. The van der Waals surface area contributed by atoms with E-state index >= 15 is 0 Å². The van der Waals surface area contributed by atoms with E-state index in [-0.39, 0.29) is 24.2 Å². The fourth-order valence-electron chi connectivity index (χ4n) is 0. The van der Waals surface area contributed by atoms with Gasteiger partial charge in [0.05, 0.1) is 0 Å². The summed E-state index contributed by atoms with van der Waals surface area (Å²) in [4.78, 5) is 0. The van der Waals surface area contributed by atoms with Crippen LogP contribution in [-0.2, 0) is 19.5 Å². The Bertz CT molecular complexity index is 15.5. The van der Waals surface area contributed by atoms with Crippen LogP contribution in [0.1, 0.15) is 0 Å². The van der Waals surface area contributed by atoms with Crippen LogP contribution >= 0.6 is 0 Å². The topological polar surface area (TPSA) is 60.7 Å². The van der Waals surface area contributed by atoms with Crippen molar-refractivity contribution in [2.75, 3.05) is 0 Å². The van der Waals surface area contributed by atoms with Crippen LogP contribution in [-0.4, -0.2) is 22.4 Å². The van der Waals surface area contributed by atoms with Gasteiger partial charge in [-0.15, -0.1) is 0 Å². The summed E-state index contributed by atoms with van der Waals surface area (Å²) in [5.74, 6) is 0. The van der Waals surface area contributed by atoms with Crippen molar-refractivity contribution in [1.82, 2.24) is 0 Å². The maximum atomic E-state index is 7.17. The molecule has 34 valence electrons. The average molecular weight is 147 g/mol. The van der Waals surface area contributed by atoms with Gasteiger partial charge in [0.2, 0.25) is 0 Å². The SMILES string of the molecule is F.OB(O)O.[Zn]. The summed E-state index contributed by atoms with van der Waals surface area (Å²) in [7, 11) is -2.17. The Morgan fingerprint density at radius 1 is 1.00 bits per heavy atom. The molecule has 0 saturated carbocycles. The second kappa shape index (κ2) is 9.09. The Labute approximate surface area is 47.3 Å². The molecule has 6 heteroatoms. The van der Waals surface area contributed by atoms with Crippen LogP contribution in [0.15, 0.2) is 0 Å². The van der Waals surface area contributed by atoms with Crippen LogP contribution in [0, 0.1) is 0 Å². The van der Waals surface area contributed by atoms with Gasteiger partial charge in [-0.05, 0) is 0 Å². The van der Waals surface area contributed by atoms with Crippen LogP contribution in [0.5, 0.6) is 0 Å². The Hall–Kier alpha value is 0.498. The number of rotatable bonds is 0. The van der Waals surface area contributed by atoms with E-state index in [4.69, 9.17) is 15.1 Å². The van der Waals surface area contributed by atoms with Crippen LogP contribution < -0.4 is 0 Å². The van der Waals surface area contributed by atoms with Crippen molar-refractivity contribution in [1.29, 1.82) is 0 Å². The smallest absolute Gasteiger partial charge is 0.402 e. The first-order valence-electron chi connectivity index (χ1n) is 0.775. The normalized spacial score (nSPS) is 4.50. The number of hydrogen-bond donors (Lipinski definition) is 3. The molecule has 0 fully saturated rings. The van der Waals surface area contributed by atoms with Crippen LogP contribution in [0.2, 0.25) is 0 Å². The molecule has 0 aliphatic heterocycles. The van der Waals surface area contributed by atoms with E-state index in [1.807, 2.05) is 0 Å². The standard InChI is InChI=1S/BH3O3.FH.Zn/c2-1(3)4;;/h2-4H;1H;. The molecule has 0 aromatic rings. The molecule has 0 aromatic carbocycles. The first-order chi connectivity index (χ1) is 1.73. The Kier molecular flexibility index (Phi) is 24.3. The quantitative estimate of drug-likeness (QED) is 0.351. The molecule has 0 unspecified atom stereocenters. The van der Waals surface area contributed by atoms with E-state index in [9.17, 15) is 0 Å². The minimum atomic E-state index is -2.17. The molecule has 0 heterocycles. The van der Waals surface area contributed by atoms with E-state index < -0.39 is 7.32 Å². The molecule has 0 aliphatic carbocycles. The average Bonchev–Trinajstić information content (AvgIpc) is 0.811. The molecule has 0 bridgehead atoms. The third kappa shape index (κ3) is 222.